The summed E-state index contributed by atoms with van der Waals surface area (Å²) < 4.78 is 0. The monoisotopic (exact) mass is 309 g/mol. The summed E-state index contributed by atoms with van der Waals surface area (Å²) in [5.74, 6) is -0.256. The van der Waals surface area contributed by atoms with Crippen molar-refractivity contribution >= 4 is 40.9 Å². The molecule has 0 aliphatic rings. The molecule has 0 radical (unpaired) electrons. The highest BCUT2D eigenvalue weighted by Gasteiger charge is 2.08. The van der Waals surface area contributed by atoms with Gasteiger partial charge in [-0.15, -0.1) is 0 Å². The maximum Gasteiger partial charge on any atom is 0.248 e. The number of hydrogen-bond donors (Lipinski definition) is 2. The fraction of sp³-hybridized carbons (Fsp3) is 0.143. The topological polar surface area (TPSA) is 57.8 Å². The van der Waals surface area contributed by atoms with Gasteiger partial charge in [0.2, 0.25) is 5.91 Å². The van der Waals surface area contributed by atoms with Gasteiger partial charge in [0.05, 0.1) is 27.1 Å². The first-order valence-electron chi connectivity index (χ1n) is 5.93. The molecule has 2 aromatic rings. The SMILES string of the molecule is Cc1n[nH]c(C)c1NC(=O)/C=C/c1cccc(Cl)c1Cl. The van der Waals surface area contributed by atoms with E-state index in [-0.39, 0.29) is 5.91 Å². The normalized spacial score (nSPS) is 11.0. The average Bonchev–Trinajstić information content (AvgIpc) is 2.72. The van der Waals surface area contributed by atoms with Crippen LogP contribution in [0.25, 0.3) is 6.08 Å². The van der Waals surface area contributed by atoms with E-state index < -0.39 is 0 Å². The van der Waals surface area contributed by atoms with Gasteiger partial charge in [-0.25, -0.2) is 0 Å². The highest BCUT2D eigenvalue weighted by atomic mass is 35.5. The molecular formula is C14H13Cl2N3O. The number of rotatable bonds is 3. The Labute approximate surface area is 126 Å². The Hall–Kier alpha value is -1.78. The van der Waals surface area contributed by atoms with Crippen molar-refractivity contribution in [3.05, 3.63) is 51.3 Å². The molecule has 0 atom stereocenters. The lowest BCUT2D eigenvalue weighted by Gasteiger charge is -2.02. The van der Waals surface area contributed by atoms with Crippen LogP contribution < -0.4 is 5.32 Å². The number of carbonyl (C=O) groups is 1. The van der Waals surface area contributed by atoms with Crippen molar-refractivity contribution in [2.45, 2.75) is 13.8 Å². The third-order valence-corrected chi connectivity index (χ3v) is 3.61. The first-order chi connectivity index (χ1) is 9.49. The molecule has 0 saturated carbocycles. The Morgan fingerprint density at radius 3 is 2.75 bits per heavy atom. The summed E-state index contributed by atoms with van der Waals surface area (Å²) in [6.07, 6.45) is 3.03. The highest BCUT2D eigenvalue weighted by molar-refractivity contribution is 6.42. The number of aromatic nitrogens is 2. The van der Waals surface area contributed by atoms with Gasteiger partial charge in [0.15, 0.2) is 0 Å². The number of carbonyl (C=O) groups excluding carboxylic acids is 1. The van der Waals surface area contributed by atoms with Gasteiger partial charge in [-0.05, 0) is 31.6 Å². The summed E-state index contributed by atoms with van der Waals surface area (Å²) in [7, 11) is 0. The lowest BCUT2D eigenvalue weighted by Crippen LogP contribution is -2.09. The number of anilines is 1. The van der Waals surface area contributed by atoms with Gasteiger partial charge < -0.3 is 5.32 Å². The Bertz CT molecular complexity index is 658. The summed E-state index contributed by atoms with van der Waals surface area (Å²) in [4.78, 5) is 11.9. The smallest absolute Gasteiger partial charge is 0.248 e. The molecular weight excluding hydrogens is 297 g/mol. The summed E-state index contributed by atoms with van der Waals surface area (Å²) in [6, 6.07) is 5.25. The molecule has 2 rings (SSSR count). The van der Waals surface area contributed by atoms with Gasteiger partial charge in [-0.2, -0.15) is 5.10 Å². The van der Waals surface area contributed by atoms with E-state index in [0.29, 0.717) is 21.3 Å². The summed E-state index contributed by atoms with van der Waals surface area (Å²) in [5, 5.41) is 10.5. The third kappa shape index (κ3) is 3.21. The predicted octanol–water partition coefficient (Wildman–Crippen LogP) is 3.99. The fourth-order valence-electron chi connectivity index (χ4n) is 1.71. The van der Waals surface area contributed by atoms with Crippen molar-refractivity contribution in [1.29, 1.82) is 0 Å². The molecule has 104 valence electrons. The molecule has 0 aliphatic heterocycles. The van der Waals surface area contributed by atoms with Crippen LogP contribution in [0, 0.1) is 13.8 Å². The van der Waals surface area contributed by atoms with E-state index in [1.807, 2.05) is 13.8 Å². The zero-order valence-corrected chi connectivity index (χ0v) is 12.5. The van der Waals surface area contributed by atoms with Crippen molar-refractivity contribution in [1.82, 2.24) is 10.2 Å². The Morgan fingerprint density at radius 2 is 2.10 bits per heavy atom. The second-order valence-electron chi connectivity index (χ2n) is 4.27. The minimum absolute atomic E-state index is 0.256. The van der Waals surface area contributed by atoms with Gasteiger partial charge in [0.1, 0.15) is 0 Å². The largest absolute Gasteiger partial charge is 0.319 e. The van der Waals surface area contributed by atoms with Crippen molar-refractivity contribution in [3.8, 4) is 0 Å². The van der Waals surface area contributed by atoms with Crippen LogP contribution in [0.1, 0.15) is 17.0 Å². The number of amides is 1. The van der Waals surface area contributed by atoms with Gasteiger partial charge >= 0.3 is 0 Å². The van der Waals surface area contributed by atoms with E-state index in [0.717, 1.165) is 11.4 Å². The molecule has 0 spiro atoms. The molecule has 1 aromatic carbocycles. The molecule has 0 fully saturated rings. The van der Waals surface area contributed by atoms with Crippen molar-refractivity contribution in [2.75, 3.05) is 5.32 Å². The maximum atomic E-state index is 11.9. The van der Waals surface area contributed by atoms with Crippen LogP contribution in [-0.4, -0.2) is 16.1 Å². The lowest BCUT2D eigenvalue weighted by atomic mass is 10.2. The number of halogens is 2. The Morgan fingerprint density at radius 1 is 1.35 bits per heavy atom. The van der Waals surface area contributed by atoms with E-state index in [4.69, 9.17) is 23.2 Å². The van der Waals surface area contributed by atoms with Crippen molar-refractivity contribution in [2.24, 2.45) is 0 Å². The molecule has 0 unspecified atom stereocenters. The number of nitrogens with one attached hydrogen (secondary N) is 2. The first-order valence-corrected chi connectivity index (χ1v) is 6.69. The number of aromatic amines is 1. The van der Waals surface area contributed by atoms with E-state index in [1.54, 1.807) is 24.3 Å². The van der Waals surface area contributed by atoms with Gasteiger partial charge in [0.25, 0.3) is 0 Å². The molecule has 1 amide bonds. The molecule has 0 bridgehead atoms. The zero-order valence-electron chi connectivity index (χ0n) is 11.0. The maximum absolute atomic E-state index is 11.9. The third-order valence-electron chi connectivity index (χ3n) is 2.77. The summed E-state index contributed by atoms with van der Waals surface area (Å²) in [6.45, 7) is 3.66. The highest BCUT2D eigenvalue weighted by Crippen LogP contribution is 2.26. The molecule has 2 N–H and O–H groups in total. The van der Waals surface area contributed by atoms with Gasteiger partial charge in [-0.1, -0.05) is 35.3 Å². The van der Waals surface area contributed by atoms with Crippen LogP contribution in [0.2, 0.25) is 10.0 Å². The molecule has 0 saturated heterocycles. The van der Waals surface area contributed by atoms with E-state index in [2.05, 4.69) is 15.5 Å². The number of aryl methyl sites for hydroxylation is 2. The van der Waals surface area contributed by atoms with E-state index >= 15 is 0 Å². The average molecular weight is 310 g/mol. The van der Waals surface area contributed by atoms with Crippen LogP contribution >= 0.6 is 23.2 Å². The number of benzene rings is 1. The minimum atomic E-state index is -0.256. The summed E-state index contributed by atoms with van der Waals surface area (Å²) >= 11 is 11.9. The van der Waals surface area contributed by atoms with Crippen LogP contribution in [0.4, 0.5) is 5.69 Å². The Balaban J connectivity index is 2.12. The number of H-pyrrole nitrogens is 1. The molecule has 6 heteroatoms. The van der Waals surface area contributed by atoms with Crippen molar-refractivity contribution in [3.63, 3.8) is 0 Å². The van der Waals surface area contributed by atoms with Gasteiger partial charge in [0, 0.05) is 6.08 Å². The molecule has 4 nitrogen and oxygen atoms in total. The van der Waals surface area contributed by atoms with E-state index in [1.165, 1.54) is 6.08 Å². The zero-order chi connectivity index (χ0) is 14.7. The van der Waals surface area contributed by atoms with Crippen LogP contribution in [0.3, 0.4) is 0 Å². The van der Waals surface area contributed by atoms with Crippen molar-refractivity contribution < 1.29 is 4.79 Å². The molecule has 20 heavy (non-hydrogen) atoms. The van der Waals surface area contributed by atoms with Crippen LogP contribution in [-0.2, 0) is 4.79 Å². The standard InChI is InChI=1S/C14H13Cl2N3O/c1-8-14(9(2)19-18-8)17-12(20)7-6-10-4-3-5-11(15)13(10)16/h3-7H,1-2H3,(H,17,20)(H,18,19)/b7-6+. The second-order valence-corrected chi connectivity index (χ2v) is 5.06. The lowest BCUT2D eigenvalue weighted by molar-refractivity contribution is -0.111. The minimum Gasteiger partial charge on any atom is -0.319 e. The predicted molar refractivity (Wildman–Crippen MR) is 82.2 cm³/mol. The molecule has 1 aromatic heterocycles. The Kier molecular flexibility index (Phi) is 4.47. The summed E-state index contributed by atoms with van der Waals surface area (Å²) in [5.41, 5.74) is 2.93. The molecule has 0 aliphatic carbocycles. The van der Waals surface area contributed by atoms with E-state index in [9.17, 15) is 4.79 Å². The molecule has 1 heterocycles. The van der Waals surface area contributed by atoms with Crippen LogP contribution in [0.15, 0.2) is 24.3 Å². The number of nitrogens with zero attached hydrogens (tertiary/aromatic N) is 1. The number of hydrogen-bond acceptors (Lipinski definition) is 2. The second kappa shape index (κ2) is 6.11. The van der Waals surface area contributed by atoms with Crippen LogP contribution in [0.5, 0.6) is 0 Å². The van der Waals surface area contributed by atoms with Gasteiger partial charge in [-0.3, -0.25) is 9.89 Å². The quantitative estimate of drug-likeness (QED) is 0.842. The first kappa shape index (κ1) is 14.6. The fourth-order valence-corrected chi connectivity index (χ4v) is 2.09.